The summed E-state index contributed by atoms with van der Waals surface area (Å²) in [5.41, 5.74) is -0.628. The molecule has 0 spiro atoms. The van der Waals surface area contributed by atoms with Crippen molar-refractivity contribution in [2.75, 3.05) is 14.2 Å². The summed E-state index contributed by atoms with van der Waals surface area (Å²) < 4.78 is 34.3. The van der Waals surface area contributed by atoms with E-state index in [0.717, 1.165) is 13.3 Å². The number of esters is 1. The molecule has 0 fully saturated rings. The van der Waals surface area contributed by atoms with Crippen molar-refractivity contribution in [2.45, 2.75) is 6.43 Å². The third kappa shape index (κ3) is 2.29. The van der Waals surface area contributed by atoms with Crippen LogP contribution in [0.1, 0.15) is 22.5 Å². The molecule has 0 aliphatic carbocycles. The molecule has 0 atom stereocenters. The van der Waals surface area contributed by atoms with Gasteiger partial charge in [-0.2, -0.15) is 0 Å². The zero-order chi connectivity index (χ0) is 12.3. The van der Waals surface area contributed by atoms with Crippen LogP contribution < -0.4 is 4.74 Å². The number of nitrogens with zero attached hydrogens (tertiary/aromatic N) is 1. The molecule has 16 heavy (non-hydrogen) atoms. The fourth-order valence-electron chi connectivity index (χ4n) is 1.08. The lowest BCUT2D eigenvalue weighted by Gasteiger charge is -2.11. The predicted octanol–water partition coefficient (Wildman–Crippen LogP) is 2.58. The number of alkyl halides is 2. The van der Waals surface area contributed by atoms with Crippen molar-refractivity contribution in [3.05, 3.63) is 21.9 Å². The molecule has 0 aromatic carbocycles. The van der Waals surface area contributed by atoms with Crippen molar-refractivity contribution in [2.24, 2.45) is 0 Å². The fraction of sp³-hybridized carbons (Fsp3) is 0.333. The van der Waals surface area contributed by atoms with Gasteiger partial charge in [-0.3, -0.25) is 4.98 Å². The van der Waals surface area contributed by atoms with Crippen LogP contribution in [0, 0.1) is 0 Å². The molecule has 0 N–H and O–H groups in total. The standard InChI is InChI=1S/C9H8BrF2NO3/c1-15-4-3-13-7(8(11)12)6(10)5(4)9(14)16-2/h3,8H,1-2H3. The summed E-state index contributed by atoms with van der Waals surface area (Å²) in [5, 5.41) is 0. The number of carbonyl (C=O) groups excluding carboxylic acids is 1. The van der Waals surface area contributed by atoms with Gasteiger partial charge in [0.15, 0.2) is 5.75 Å². The van der Waals surface area contributed by atoms with Crippen LogP contribution in [0.4, 0.5) is 8.78 Å². The average molecular weight is 296 g/mol. The Kier molecular flexibility index (Phi) is 4.17. The molecule has 4 nitrogen and oxygen atoms in total. The Morgan fingerprint density at radius 2 is 2.12 bits per heavy atom. The molecule has 0 radical (unpaired) electrons. The maximum absolute atomic E-state index is 12.5. The highest BCUT2D eigenvalue weighted by Gasteiger charge is 2.24. The summed E-state index contributed by atoms with van der Waals surface area (Å²) in [5.74, 6) is -0.698. The normalized spacial score (nSPS) is 10.4. The van der Waals surface area contributed by atoms with Crippen LogP contribution in [0.5, 0.6) is 5.75 Å². The number of ether oxygens (including phenoxy) is 2. The van der Waals surface area contributed by atoms with Crippen LogP contribution in [0.3, 0.4) is 0 Å². The van der Waals surface area contributed by atoms with Crippen LogP contribution in [0.25, 0.3) is 0 Å². The first-order chi connectivity index (χ1) is 7.52. The second-order valence-electron chi connectivity index (χ2n) is 2.69. The second-order valence-corrected chi connectivity index (χ2v) is 3.49. The number of methoxy groups -OCH3 is 2. The molecule has 0 unspecified atom stereocenters. The maximum atomic E-state index is 12.5. The van der Waals surface area contributed by atoms with Crippen molar-refractivity contribution < 1.29 is 23.0 Å². The lowest BCUT2D eigenvalue weighted by Crippen LogP contribution is -2.08. The Bertz CT molecular complexity index is 412. The quantitative estimate of drug-likeness (QED) is 0.804. The number of aromatic nitrogens is 1. The number of carbonyl (C=O) groups is 1. The highest BCUT2D eigenvalue weighted by molar-refractivity contribution is 9.10. The Balaban J connectivity index is 3.40. The number of halogens is 3. The molecule has 1 rings (SSSR count). The molecule has 1 aromatic rings. The van der Waals surface area contributed by atoms with Crippen molar-refractivity contribution in [1.82, 2.24) is 4.98 Å². The maximum Gasteiger partial charge on any atom is 0.342 e. The molecule has 0 bridgehead atoms. The van der Waals surface area contributed by atoms with E-state index < -0.39 is 18.1 Å². The van der Waals surface area contributed by atoms with Gasteiger partial charge in [-0.05, 0) is 15.9 Å². The first-order valence-electron chi connectivity index (χ1n) is 4.11. The zero-order valence-electron chi connectivity index (χ0n) is 8.46. The molecular formula is C9H8BrF2NO3. The van der Waals surface area contributed by atoms with Crippen molar-refractivity contribution in [3.63, 3.8) is 0 Å². The third-order valence-corrected chi connectivity index (χ3v) is 2.63. The lowest BCUT2D eigenvalue weighted by molar-refractivity contribution is 0.0595. The molecule has 0 saturated carbocycles. The van der Waals surface area contributed by atoms with E-state index in [0.29, 0.717) is 0 Å². The first-order valence-corrected chi connectivity index (χ1v) is 4.91. The van der Waals surface area contributed by atoms with Gasteiger partial charge in [0.1, 0.15) is 11.3 Å². The number of pyridine rings is 1. The van der Waals surface area contributed by atoms with E-state index in [1.54, 1.807) is 0 Å². The minimum Gasteiger partial charge on any atom is -0.494 e. The van der Waals surface area contributed by atoms with Crippen molar-refractivity contribution in [1.29, 1.82) is 0 Å². The van der Waals surface area contributed by atoms with E-state index in [-0.39, 0.29) is 15.8 Å². The highest BCUT2D eigenvalue weighted by Crippen LogP contribution is 2.33. The Hall–Kier alpha value is -1.24. The number of rotatable bonds is 3. The number of hydrogen-bond donors (Lipinski definition) is 0. The Morgan fingerprint density at radius 3 is 2.56 bits per heavy atom. The first kappa shape index (κ1) is 12.8. The predicted molar refractivity (Wildman–Crippen MR) is 54.8 cm³/mol. The van der Waals surface area contributed by atoms with Gasteiger partial charge in [-0.1, -0.05) is 0 Å². The van der Waals surface area contributed by atoms with Crippen molar-refractivity contribution in [3.8, 4) is 5.75 Å². The van der Waals surface area contributed by atoms with Crippen LogP contribution in [0.2, 0.25) is 0 Å². The Labute approximate surface area is 98.7 Å². The average Bonchev–Trinajstić information content (AvgIpc) is 2.26. The molecule has 0 aliphatic rings. The van der Waals surface area contributed by atoms with E-state index in [4.69, 9.17) is 4.74 Å². The summed E-state index contributed by atoms with van der Waals surface area (Å²) >= 11 is 2.89. The van der Waals surface area contributed by atoms with E-state index >= 15 is 0 Å². The molecule has 1 heterocycles. The zero-order valence-corrected chi connectivity index (χ0v) is 10.0. The largest absolute Gasteiger partial charge is 0.494 e. The van der Waals surface area contributed by atoms with E-state index in [9.17, 15) is 13.6 Å². The van der Waals surface area contributed by atoms with Crippen molar-refractivity contribution >= 4 is 21.9 Å². The van der Waals surface area contributed by atoms with Gasteiger partial charge in [0.05, 0.1) is 24.9 Å². The van der Waals surface area contributed by atoms with Crippen LogP contribution in [-0.4, -0.2) is 25.2 Å². The van der Waals surface area contributed by atoms with E-state index in [2.05, 4.69) is 25.7 Å². The van der Waals surface area contributed by atoms with Gasteiger partial charge in [0.2, 0.25) is 0 Å². The van der Waals surface area contributed by atoms with Crippen LogP contribution >= 0.6 is 15.9 Å². The van der Waals surface area contributed by atoms with Gasteiger partial charge in [-0.25, -0.2) is 13.6 Å². The highest BCUT2D eigenvalue weighted by atomic mass is 79.9. The lowest BCUT2D eigenvalue weighted by atomic mass is 10.2. The monoisotopic (exact) mass is 295 g/mol. The summed E-state index contributed by atoms with van der Waals surface area (Å²) in [7, 11) is 2.45. The van der Waals surface area contributed by atoms with E-state index in [1.807, 2.05) is 0 Å². The molecular weight excluding hydrogens is 288 g/mol. The smallest absolute Gasteiger partial charge is 0.342 e. The van der Waals surface area contributed by atoms with Gasteiger partial charge >= 0.3 is 5.97 Å². The number of hydrogen-bond acceptors (Lipinski definition) is 4. The molecule has 7 heteroatoms. The Morgan fingerprint density at radius 1 is 1.50 bits per heavy atom. The summed E-state index contributed by atoms with van der Waals surface area (Å²) in [6.07, 6.45) is -1.73. The van der Waals surface area contributed by atoms with Gasteiger partial charge in [0, 0.05) is 0 Å². The minimum atomic E-state index is -2.79. The van der Waals surface area contributed by atoms with Gasteiger partial charge < -0.3 is 9.47 Å². The molecule has 1 aromatic heterocycles. The minimum absolute atomic E-state index is 0.0723. The molecule has 0 amide bonds. The van der Waals surface area contributed by atoms with Crippen LogP contribution in [-0.2, 0) is 4.74 Å². The fourth-order valence-corrected chi connectivity index (χ4v) is 1.72. The summed E-state index contributed by atoms with van der Waals surface area (Å²) in [4.78, 5) is 14.9. The second kappa shape index (κ2) is 5.20. The molecule has 88 valence electrons. The summed E-state index contributed by atoms with van der Waals surface area (Å²) in [6, 6.07) is 0. The van der Waals surface area contributed by atoms with Gasteiger partial charge in [0.25, 0.3) is 6.43 Å². The molecule has 0 saturated heterocycles. The third-order valence-electron chi connectivity index (χ3n) is 1.83. The SMILES string of the molecule is COC(=O)c1c(OC)cnc(C(F)F)c1Br. The molecule has 0 aliphatic heterocycles. The topological polar surface area (TPSA) is 48.4 Å². The summed E-state index contributed by atoms with van der Waals surface area (Å²) in [6.45, 7) is 0. The van der Waals surface area contributed by atoms with E-state index in [1.165, 1.54) is 7.11 Å². The van der Waals surface area contributed by atoms with Crippen LogP contribution in [0.15, 0.2) is 10.7 Å². The van der Waals surface area contributed by atoms with Gasteiger partial charge in [-0.15, -0.1) is 0 Å².